The molecule has 0 bridgehead atoms. The summed E-state index contributed by atoms with van der Waals surface area (Å²) >= 11 is 0. The van der Waals surface area contributed by atoms with Gasteiger partial charge in [-0.25, -0.2) is 4.39 Å². The second-order valence-electron chi connectivity index (χ2n) is 5.66. The molecule has 0 aliphatic heterocycles. The summed E-state index contributed by atoms with van der Waals surface area (Å²) < 4.78 is 21.1. The van der Waals surface area contributed by atoms with E-state index in [-0.39, 0.29) is 11.9 Å². The Hall–Kier alpha value is -2.49. The Kier molecular flexibility index (Phi) is 3.75. The lowest BCUT2D eigenvalue weighted by molar-refractivity contribution is 0.291. The van der Waals surface area contributed by atoms with Crippen LogP contribution in [0.5, 0.6) is 5.75 Å². The van der Waals surface area contributed by atoms with Gasteiger partial charge in [0.1, 0.15) is 18.2 Å². The predicted octanol–water partition coefficient (Wildman–Crippen LogP) is 4.52. The molecule has 22 heavy (non-hydrogen) atoms. The van der Waals surface area contributed by atoms with E-state index < -0.39 is 0 Å². The van der Waals surface area contributed by atoms with E-state index in [1.165, 1.54) is 12.1 Å². The van der Waals surface area contributed by atoms with Crippen LogP contribution in [-0.4, -0.2) is 4.57 Å². The monoisotopic (exact) mass is 298 g/mol. The van der Waals surface area contributed by atoms with E-state index in [0.717, 1.165) is 22.3 Å². The smallest absolute Gasteiger partial charge is 0.128 e. The quantitative estimate of drug-likeness (QED) is 0.719. The molecule has 0 amide bonds. The van der Waals surface area contributed by atoms with Gasteiger partial charge in [0.25, 0.3) is 0 Å². The Balaban J connectivity index is 1.94. The molecule has 2 aromatic carbocycles. The van der Waals surface area contributed by atoms with E-state index in [4.69, 9.17) is 10.5 Å². The van der Waals surface area contributed by atoms with Gasteiger partial charge in [-0.15, -0.1) is 0 Å². The van der Waals surface area contributed by atoms with Crippen molar-refractivity contribution in [1.82, 2.24) is 4.57 Å². The zero-order valence-electron chi connectivity index (χ0n) is 12.7. The van der Waals surface area contributed by atoms with Gasteiger partial charge in [-0.3, -0.25) is 0 Å². The topological polar surface area (TPSA) is 40.2 Å². The van der Waals surface area contributed by atoms with Gasteiger partial charge in [0.2, 0.25) is 0 Å². The maximum Gasteiger partial charge on any atom is 0.128 e. The Morgan fingerprint density at radius 1 is 1.14 bits per heavy atom. The lowest BCUT2D eigenvalue weighted by Crippen LogP contribution is -2.08. The van der Waals surface area contributed by atoms with Crippen molar-refractivity contribution in [3.63, 3.8) is 0 Å². The van der Waals surface area contributed by atoms with Crippen LogP contribution >= 0.6 is 0 Å². The molecule has 0 atom stereocenters. The molecule has 4 heteroatoms. The molecular formula is C18H19FN2O. The maximum atomic E-state index is 13.2. The van der Waals surface area contributed by atoms with Crippen LogP contribution in [0.3, 0.4) is 0 Å². The van der Waals surface area contributed by atoms with Crippen molar-refractivity contribution in [1.29, 1.82) is 0 Å². The Bertz CT molecular complexity index is 808. The number of benzene rings is 2. The number of nitrogen functional groups attached to an aromatic ring is 1. The lowest BCUT2D eigenvalue weighted by atomic mass is 10.2. The minimum absolute atomic E-state index is 0.283. The summed E-state index contributed by atoms with van der Waals surface area (Å²) in [7, 11) is 0. The molecule has 114 valence electrons. The molecule has 1 aromatic heterocycles. The SMILES string of the molecule is CC(C)n1c(COc2cccc(F)c2)cc2ccc(N)cc21. The highest BCUT2D eigenvalue weighted by atomic mass is 19.1. The summed E-state index contributed by atoms with van der Waals surface area (Å²) in [6.45, 7) is 4.62. The van der Waals surface area contributed by atoms with Crippen LogP contribution in [0.2, 0.25) is 0 Å². The molecule has 0 saturated carbocycles. The first-order chi connectivity index (χ1) is 10.5. The van der Waals surface area contributed by atoms with Crippen LogP contribution in [0, 0.1) is 5.82 Å². The molecule has 0 aliphatic carbocycles. The highest BCUT2D eigenvalue weighted by Gasteiger charge is 2.12. The van der Waals surface area contributed by atoms with E-state index in [9.17, 15) is 4.39 Å². The van der Waals surface area contributed by atoms with Crippen molar-refractivity contribution >= 4 is 16.6 Å². The van der Waals surface area contributed by atoms with Crippen LogP contribution in [0.1, 0.15) is 25.6 Å². The van der Waals surface area contributed by atoms with Crippen molar-refractivity contribution in [2.24, 2.45) is 0 Å². The number of nitrogens with two attached hydrogens (primary N) is 1. The summed E-state index contributed by atoms with van der Waals surface area (Å²) in [5, 5.41) is 1.13. The molecule has 0 saturated heterocycles. The highest BCUT2D eigenvalue weighted by molar-refractivity contribution is 5.84. The zero-order valence-corrected chi connectivity index (χ0v) is 12.7. The van der Waals surface area contributed by atoms with Gasteiger partial charge in [-0.2, -0.15) is 0 Å². The Labute approximate surface area is 129 Å². The van der Waals surface area contributed by atoms with Crippen LogP contribution in [0.15, 0.2) is 48.5 Å². The molecule has 0 spiro atoms. The minimum atomic E-state index is -0.297. The van der Waals surface area contributed by atoms with Crippen LogP contribution in [0.4, 0.5) is 10.1 Å². The fourth-order valence-electron chi connectivity index (χ4n) is 2.73. The van der Waals surface area contributed by atoms with Crippen LogP contribution in [-0.2, 0) is 6.61 Å². The second kappa shape index (κ2) is 5.72. The van der Waals surface area contributed by atoms with Crippen molar-refractivity contribution < 1.29 is 9.13 Å². The van der Waals surface area contributed by atoms with Crippen LogP contribution in [0.25, 0.3) is 10.9 Å². The highest BCUT2D eigenvalue weighted by Crippen LogP contribution is 2.27. The van der Waals surface area contributed by atoms with E-state index >= 15 is 0 Å². The van der Waals surface area contributed by atoms with Gasteiger partial charge in [0.05, 0.1) is 11.2 Å². The third kappa shape index (κ3) is 2.77. The van der Waals surface area contributed by atoms with E-state index in [0.29, 0.717) is 12.4 Å². The van der Waals surface area contributed by atoms with Crippen molar-refractivity contribution in [3.8, 4) is 5.75 Å². The Morgan fingerprint density at radius 3 is 2.68 bits per heavy atom. The molecule has 2 N–H and O–H groups in total. The summed E-state index contributed by atoms with van der Waals surface area (Å²) in [4.78, 5) is 0. The Morgan fingerprint density at radius 2 is 1.95 bits per heavy atom. The molecule has 3 nitrogen and oxygen atoms in total. The number of ether oxygens (including phenoxy) is 1. The number of nitrogens with zero attached hydrogens (tertiary/aromatic N) is 1. The van der Waals surface area contributed by atoms with Crippen molar-refractivity contribution in [3.05, 3.63) is 60.0 Å². The van der Waals surface area contributed by atoms with Crippen molar-refractivity contribution in [2.45, 2.75) is 26.5 Å². The zero-order chi connectivity index (χ0) is 15.7. The van der Waals surface area contributed by atoms with Crippen LogP contribution < -0.4 is 10.5 Å². The molecular weight excluding hydrogens is 279 g/mol. The number of aromatic nitrogens is 1. The molecule has 1 heterocycles. The van der Waals surface area contributed by atoms with Gasteiger partial charge in [-0.05, 0) is 44.2 Å². The van der Waals surface area contributed by atoms with Gasteiger partial charge >= 0.3 is 0 Å². The molecule has 3 rings (SSSR count). The number of fused-ring (bicyclic) bond motifs is 1. The second-order valence-corrected chi connectivity index (χ2v) is 5.66. The van der Waals surface area contributed by atoms with E-state index in [2.05, 4.69) is 24.5 Å². The third-order valence-corrected chi connectivity index (χ3v) is 3.64. The largest absolute Gasteiger partial charge is 0.487 e. The number of hydrogen-bond acceptors (Lipinski definition) is 2. The average molecular weight is 298 g/mol. The number of hydrogen-bond donors (Lipinski definition) is 1. The minimum Gasteiger partial charge on any atom is -0.487 e. The normalized spacial score (nSPS) is 11.3. The number of anilines is 1. The summed E-state index contributed by atoms with van der Waals surface area (Å²) in [6, 6.07) is 14.4. The fraction of sp³-hybridized carbons (Fsp3) is 0.222. The molecule has 0 aliphatic rings. The fourth-order valence-corrected chi connectivity index (χ4v) is 2.73. The standard InChI is InChI=1S/C18H19FN2O/c1-12(2)21-16(8-13-6-7-15(20)10-18(13)21)11-22-17-5-3-4-14(19)9-17/h3-10,12H,11,20H2,1-2H3. The molecule has 0 radical (unpaired) electrons. The van der Waals surface area contributed by atoms with Gasteiger partial charge in [0.15, 0.2) is 0 Å². The summed E-state index contributed by atoms with van der Waals surface area (Å²) in [5.74, 6) is 0.231. The third-order valence-electron chi connectivity index (χ3n) is 3.64. The average Bonchev–Trinajstić information content (AvgIpc) is 2.83. The first kappa shape index (κ1) is 14.4. The molecule has 3 aromatic rings. The van der Waals surface area contributed by atoms with Gasteiger partial charge in [0, 0.05) is 23.2 Å². The number of halogens is 1. The summed E-state index contributed by atoms with van der Waals surface area (Å²) in [5.41, 5.74) is 8.77. The van der Waals surface area contributed by atoms with Gasteiger partial charge < -0.3 is 15.0 Å². The molecule has 0 fully saturated rings. The maximum absolute atomic E-state index is 13.2. The molecule has 0 unspecified atom stereocenters. The van der Waals surface area contributed by atoms with Crippen molar-refractivity contribution in [2.75, 3.05) is 5.73 Å². The van der Waals surface area contributed by atoms with Gasteiger partial charge in [-0.1, -0.05) is 12.1 Å². The van der Waals surface area contributed by atoms with E-state index in [1.807, 2.05) is 18.2 Å². The first-order valence-corrected chi connectivity index (χ1v) is 7.32. The van der Waals surface area contributed by atoms with E-state index in [1.54, 1.807) is 12.1 Å². The summed E-state index contributed by atoms with van der Waals surface area (Å²) in [6.07, 6.45) is 0. The lowest BCUT2D eigenvalue weighted by Gasteiger charge is -2.15. The predicted molar refractivity (Wildman–Crippen MR) is 87.5 cm³/mol. The first-order valence-electron chi connectivity index (χ1n) is 7.32. The number of rotatable bonds is 4.